The quantitative estimate of drug-likeness (QED) is 0.648. The van der Waals surface area contributed by atoms with Crippen LogP contribution in [0.5, 0.6) is 11.5 Å². The zero-order valence-corrected chi connectivity index (χ0v) is 17.9. The van der Waals surface area contributed by atoms with Gasteiger partial charge in [0.1, 0.15) is 11.5 Å². The van der Waals surface area contributed by atoms with Crippen molar-refractivity contribution in [1.29, 1.82) is 0 Å². The summed E-state index contributed by atoms with van der Waals surface area (Å²) < 4.78 is 11.2. The molecule has 2 saturated carbocycles. The molecule has 2 aromatic rings. The van der Waals surface area contributed by atoms with Crippen LogP contribution in [0.2, 0.25) is 0 Å². The Bertz CT molecular complexity index is 891. The number of carbonyl (C=O) groups is 1. The molecule has 3 atom stereocenters. The van der Waals surface area contributed by atoms with Gasteiger partial charge in [0.2, 0.25) is 5.91 Å². The number of hydrogen-bond donors (Lipinski definition) is 0. The Hall–Kier alpha value is -2.49. The summed E-state index contributed by atoms with van der Waals surface area (Å²) in [5.74, 6) is 2.52. The van der Waals surface area contributed by atoms with E-state index < -0.39 is 5.41 Å². The van der Waals surface area contributed by atoms with Gasteiger partial charge in [-0.1, -0.05) is 37.3 Å². The zero-order chi connectivity index (χ0) is 20.6. The molecule has 4 heteroatoms. The Morgan fingerprint density at radius 2 is 1.86 bits per heavy atom. The average molecular weight is 394 g/mol. The molecule has 0 bridgehead atoms. The van der Waals surface area contributed by atoms with Crippen LogP contribution in [0.1, 0.15) is 49.7 Å². The number of carbonyl (C=O) groups excluding carboxylic acids is 1. The van der Waals surface area contributed by atoms with Crippen LogP contribution in [0, 0.1) is 5.92 Å². The molecule has 4 rings (SSSR count). The number of nitrogens with zero attached hydrogens (tertiary/aromatic N) is 1. The van der Waals surface area contributed by atoms with Crippen LogP contribution < -0.4 is 9.47 Å². The molecule has 4 nitrogen and oxygen atoms in total. The van der Waals surface area contributed by atoms with Crippen molar-refractivity contribution in [2.75, 3.05) is 21.3 Å². The number of hydrogen-bond acceptors (Lipinski definition) is 3. The van der Waals surface area contributed by atoms with Crippen molar-refractivity contribution in [3.63, 3.8) is 0 Å². The Kier molecular flexibility index (Phi) is 5.28. The minimum atomic E-state index is -0.572. The third-order valence-corrected chi connectivity index (χ3v) is 6.89. The first kappa shape index (κ1) is 19.8. The lowest BCUT2D eigenvalue weighted by Gasteiger charge is -2.37. The maximum atomic E-state index is 14.0. The van der Waals surface area contributed by atoms with Gasteiger partial charge < -0.3 is 14.4 Å². The molecule has 0 heterocycles. The van der Waals surface area contributed by atoms with Gasteiger partial charge in [0.05, 0.1) is 19.6 Å². The fourth-order valence-electron chi connectivity index (χ4n) is 5.01. The summed E-state index contributed by atoms with van der Waals surface area (Å²) >= 11 is 0. The van der Waals surface area contributed by atoms with E-state index in [-0.39, 0.29) is 11.8 Å². The second-order valence-corrected chi connectivity index (χ2v) is 8.40. The van der Waals surface area contributed by atoms with Crippen molar-refractivity contribution in [3.05, 3.63) is 59.7 Å². The van der Waals surface area contributed by atoms with Gasteiger partial charge in [-0.15, -0.1) is 0 Å². The third-order valence-electron chi connectivity index (χ3n) is 6.89. The van der Waals surface area contributed by atoms with Crippen LogP contribution >= 0.6 is 0 Å². The van der Waals surface area contributed by atoms with Crippen molar-refractivity contribution >= 4 is 5.91 Å². The minimum absolute atomic E-state index is 0.238. The van der Waals surface area contributed by atoms with E-state index in [1.807, 2.05) is 42.3 Å². The van der Waals surface area contributed by atoms with Crippen LogP contribution in [0.4, 0.5) is 0 Å². The molecule has 0 spiro atoms. The molecular weight excluding hydrogens is 362 g/mol. The van der Waals surface area contributed by atoms with Gasteiger partial charge in [-0.3, -0.25) is 4.79 Å². The van der Waals surface area contributed by atoms with E-state index in [9.17, 15) is 4.79 Å². The molecule has 0 saturated heterocycles. The van der Waals surface area contributed by atoms with Crippen LogP contribution in [0.3, 0.4) is 0 Å². The predicted molar refractivity (Wildman–Crippen MR) is 115 cm³/mol. The van der Waals surface area contributed by atoms with E-state index >= 15 is 0 Å². The summed E-state index contributed by atoms with van der Waals surface area (Å²) in [6.07, 6.45) is 3.98. The van der Waals surface area contributed by atoms with Crippen molar-refractivity contribution in [2.24, 2.45) is 5.92 Å². The highest BCUT2D eigenvalue weighted by molar-refractivity contribution is 5.90. The fourth-order valence-corrected chi connectivity index (χ4v) is 5.01. The van der Waals surface area contributed by atoms with E-state index in [1.54, 1.807) is 14.2 Å². The van der Waals surface area contributed by atoms with E-state index in [0.29, 0.717) is 12.0 Å². The Balaban J connectivity index is 1.77. The maximum absolute atomic E-state index is 14.0. The van der Waals surface area contributed by atoms with Gasteiger partial charge in [-0.25, -0.2) is 0 Å². The van der Waals surface area contributed by atoms with Crippen molar-refractivity contribution in [2.45, 2.75) is 50.0 Å². The van der Waals surface area contributed by atoms with Crippen LogP contribution in [-0.4, -0.2) is 38.1 Å². The Morgan fingerprint density at radius 3 is 2.52 bits per heavy atom. The van der Waals surface area contributed by atoms with Crippen molar-refractivity contribution in [3.8, 4) is 11.5 Å². The molecule has 0 N–H and O–H groups in total. The Morgan fingerprint density at radius 1 is 1.10 bits per heavy atom. The van der Waals surface area contributed by atoms with E-state index in [0.717, 1.165) is 42.7 Å². The first-order valence-electron chi connectivity index (χ1n) is 10.6. The number of ether oxygens (including phenoxy) is 2. The van der Waals surface area contributed by atoms with E-state index in [1.165, 1.54) is 5.56 Å². The summed E-state index contributed by atoms with van der Waals surface area (Å²) in [4.78, 5) is 16.0. The molecule has 2 aliphatic rings. The second kappa shape index (κ2) is 7.74. The van der Waals surface area contributed by atoms with Crippen LogP contribution in [0.25, 0.3) is 0 Å². The first-order valence-corrected chi connectivity index (χ1v) is 10.6. The Labute approximate surface area is 173 Å². The van der Waals surface area contributed by atoms with E-state index in [2.05, 4.69) is 25.1 Å². The first-order chi connectivity index (χ1) is 14.1. The highest BCUT2D eigenvalue weighted by atomic mass is 16.5. The summed E-state index contributed by atoms with van der Waals surface area (Å²) in [6, 6.07) is 16.7. The third kappa shape index (κ3) is 3.39. The number of amides is 1. The van der Waals surface area contributed by atoms with Crippen LogP contribution in [0.15, 0.2) is 48.5 Å². The predicted octanol–water partition coefficient (Wildman–Crippen LogP) is 4.78. The normalized spacial score (nSPS) is 22.5. The van der Waals surface area contributed by atoms with Gasteiger partial charge in [-0.2, -0.15) is 0 Å². The zero-order valence-electron chi connectivity index (χ0n) is 17.9. The van der Waals surface area contributed by atoms with Gasteiger partial charge in [0.25, 0.3) is 0 Å². The summed E-state index contributed by atoms with van der Waals surface area (Å²) in [5, 5.41) is 0. The molecule has 2 aromatic carbocycles. The lowest BCUT2D eigenvalue weighted by atomic mass is 9.71. The van der Waals surface area contributed by atoms with Crippen molar-refractivity contribution in [1.82, 2.24) is 4.90 Å². The number of para-hydroxylation sites is 1. The second-order valence-electron chi connectivity index (χ2n) is 8.40. The topological polar surface area (TPSA) is 38.8 Å². The SMILES string of the molecule is CCC(C(=O)N(C)C1CC1)(c1ccccc1OC)C1CC1c1cccc(OC)c1. The molecule has 0 aliphatic heterocycles. The standard InChI is InChI=1S/C25H31NO3/c1-5-25(24(27)26(2)18-13-14-18,21-11-6-7-12-23(21)29-4)22-16-20(22)17-9-8-10-19(15-17)28-3/h6-12,15,18,20,22H,5,13-14,16H2,1-4H3. The number of likely N-dealkylation sites (N-methyl/N-ethyl adjacent to an activating group) is 1. The molecule has 29 heavy (non-hydrogen) atoms. The molecule has 1 amide bonds. The lowest BCUT2D eigenvalue weighted by Crippen LogP contribution is -2.48. The molecule has 154 valence electrons. The molecule has 0 radical (unpaired) electrons. The lowest BCUT2D eigenvalue weighted by molar-refractivity contribution is -0.138. The highest BCUT2D eigenvalue weighted by Crippen LogP contribution is 2.61. The van der Waals surface area contributed by atoms with Gasteiger partial charge in [0, 0.05) is 18.7 Å². The molecule has 2 fully saturated rings. The smallest absolute Gasteiger partial charge is 0.233 e. The summed E-state index contributed by atoms with van der Waals surface area (Å²) in [7, 11) is 5.37. The monoisotopic (exact) mass is 393 g/mol. The number of benzene rings is 2. The average Bonchev–Trinajstić information content (AvgIpc) is 3.68. The summed E-state index contributed by atoms with van der Waals surface area (Å²) in [5.41, 5.74) is 1.71. The number of rotatable bonds is 8. The largest absolute Gasteiger partial charge is 0.497 e. The summed E-state index contributed by atoms with van der Waals surface area (Å²) in [6.45, 7) is 2.14. The maximum Gasteiger partial charge on any atom is 0.233 e. The van der Waals surface area contributed by atoms with Gasteiger partial charge in [0.15, 0.2) is 0 Å². The fraction of sp³-hybridized carbons (Fsp3) is 0.480. The van der Waals surface area contributed by atoms with Crippen LogP contribution in [-0.2, 0) is 10.2 Å². The molecule has 0 aromatic heterocycles. The van der Waals surface area contributed by atoms with Gasteiger partial charge in [-0.05, 0) is 61.3 Å². The van der Waals surface area contributed by atoms with Crippen molar-refractivity contribution < 1.29 is 14.3 Å². The molecule has 2 aliphatic carbocycles. The molecule has 3 unspecified atom stereocenters. The van der Waals surface area contributed by atoms with E-state index in [4.69, 9.17) is 9.47 Å². The van der Waals surface area contributed by atoms with Gasteiger partial charge >= 0.3 is 0 Å². The highest BCUT2D eigenvalue weighted by Gasteiger charge is 2.59. The molecular formula is C25H31NO3. The minimum Gasteiger partial charge on any atom is -0.497 e. The number of methoxy groups -OCH3 is 2.